The number of amides is 1. The number of piperazine rings is 2. The molecule has 1 saturated carbocycles. The number of rotatable bonds is 11. The van der Waals surface area contributed by atoms with Gasteiger partial charge in [0.25, 0.3) is 12.3 Å². The predicted octanol–water partition coefficient (Wildman–Crippen LogP) is 4.64. The number of benzene rings is 2. The first-order valence-corrected chi connectivity index (χ1v) is 16.5. The lowest BCUT2D eigenvalue weighted by Gasteiger charge is -2.53. The molecular formula is C36H39F2N7O3. The van der Waals surface area contributed by atoms with Gasteiger partial charge in [0.05, 0.1) is 18.9 Å². The zero-order valence-corrected chi connectivity index (χ0v) is 26.9. The molecule has 2 aromatic carbocycles. The standard InChI is InChI=1S/C36H39F2N7O3/c1-47-34-28(35(48-23-31(37)38)42-33(41-34)26-12-13-26)21-43-19-27-20-44(36(46)29-18-39-14-15-40-29)16-17-45(27)30(22-43)32(24-8-4-2-5-9-24)25-10-6-3-7-11-25/h2-11,14-15,18,26-27,30-32H,12-13,16-17,19-23H2,1H3/t27-,30+/m1/s1. The summed E-state index contributed by atoms with van der Waals surface area (Å²) in [6.07, 6.45) is 3.85. The van der Waals surface area contributed by atoms with E-state index in [1.165, 1.54) is 30.6 Å². The molecule has 0 unspecified atom stereocenters. The van der Waals surface area contributed by atoms with Gasteiger partial charge in [0.15, 0.2) is 6.61 Å². The molecule has 3 fully saturated rings. The summed E-state index contributed by atoms with van der Waals surface area (Å²) in [4.78, 5) is 37.9. The second kappa shape index (κ2) is 14.3. The van der Waals surface area contributed by atoms with Crippen molar-refractivity contribution in [1.29, 1.82) is 0 Å². The number of methoxy groups -OCH3 is 1. The molecule has 1 aliphatic carbocycles. The highest BCUT2D eigenvalue weighted by Gasteiger charge is 2.44. The van der Waals surface area contributed by atoms with Crippen LogP contribution in [0.3, 0.4) is 0 Å². The van der Waals surface area contributed by atoms with Crippen molar-refractivity contribution in [2.24, 2.45) is 0 Å². The summed E-state index contributed by atoms with van der Waals surface area (Å²) in [5.74, 6) is 1.14. The van der Waals surface area contributed by atoms with Crippen LogP contribution in [0.2, 0.25) is 0 Å². The molecule has 0 radical (unpaired) electrons. The Hall–Kier alpha value is -4.55. The van der Waals surface area contributed by atoms with Crippen molar-refractivity contribution < 1.29 is 23.0 Å². The third kappa shape index (κ3) is 7.00. The fourth-order valence-corrected chi connectivity index (χ4v) is 7.12. The molecule has 0 N–H and O–H groups in total. The van der Waals surface area contributed by atoms with Crippen molar-refractivity contribution in [2.75, 3.05) is 46.4 Å². The summed E-state index contributed by atoms with van der Waals surface area (Å²) < 4.78 is 38.1. The van der Waals surface area contributed by atoms with Crippen LogP contribution in [0, 0.1) is 0 Å². The smallest absolute Gasteiger partial charge is 0.274 e. The largest absolute Gasteiger partial charge is 0.481 e. The van der Waals surface area contributed by atoms with Gasteiger partial charge in [-0.2, -0.15) is 9.97 Å². The van der Waals surface area contributed by atoms with Gasteiger partial charge in [-0.3, -0.25) is 19.6 Å². The van der Waals surface area contributed by atoms with E-state index >= 15 is 0 Å². The first-order valence-electron chi connectivity index (χ1n) is 16.5. The highest BCUT2D eigenvalue weighted by Crippen LogP contribution is 2.42. The van der Waals surface area contributed by atoms with Gasteiger partial charge in [-0.25, -0.2) is 13.8 Å². The van der Waals surface area contributed by atoms with Crippen molar-refractivity contribution in [3.05, 3.63) is 107 Å². The van der Waals surface area contributed by atoms with E-state index in [2.05, 4.69) is 73.3 Å². The van der Waals surface area contributed by atoms with Crippen LogP contribution in [-0.2, 0) is 6.54 Å². The summed E-state index contributed by atoms with van der Waals surface area (Å²) in [6.45, 7) is 2.62. The Balaban J connectivity index is 1.25. The Morgan fingerprint density at radius 1 is 0.917 bits per heavy atom. The van der Waals surface area contributed by atoms with Crippen LogP contribution < -0.4 is 9.47 Å². The minimum absolute atomic E-state index is 0.0175. The maximum Gasteiger partial charge on any atom is 0.274 e. The van der Waals surface area contributed by atoms with E-state index in [1.54, 1.807) is 6.20 Å². The first-order chi connectivity index (χ1) is 23.5. The highest BCUT2D eigenvalue weighted by atomic mass is 19.3. The Bertz CT molecular complexity index is 1640. The van der Waals surface area contributed by atoms with E-state index < -0.39 is 13.0 Å². The SMILES string of the molecule is COc1nc(C2CC2)nc(OCC(F)F)c1CN1C[C@@H]2CN(C(=O)c3cnccn3)CCN2[C@H](C(c2ccccc2)c2ccccc2)C1. The number of fused-ring (bicyclic) bond motifs is 1. The monoisotopic (exact) mass is 655 g/mol. The fourth-order valence-electron chi connectivity index (χ4n) is 7.12. The molecule has 250 valence electrons. The molecule has 2 saturated heterocycles. The molecule has 4 heterocycles. The van der Waals surface area contributed by atoms with Crippen molar-refractivity contribution in [1.82, 2.24) is 34.6 Å². The Kier molecular flexibility index (Phi) is 9.53. The van der Waals surface area contributed by atoms with Crippen LogP contribution in [-0.4, -0.2) is 105 Å². The van der Waals surface area contributed by atoms with E-state index in [4.69, 9.17) is 14.5 Å². The van der Waals surface area contributed by atoms with Crippen LogP contribution in [0.25, 0.3) is 0 Å². The number of halogens is 2. The number of aromatic nitrogens is 4. The van der Waals surface area contributed by atoms with Gasteiger partial charge < -0.3 is 14.4 Å². The summed E-state index contributed by atoms with van der Waals surface area (Å²) in [7, 11) is 1.54. The summed E-state index contributed by atoms with van der Waals surface area (Å²) >= 11 is 0. The number of carbonyl (C=O) groups excluding carboxylic acids is 1. The number of ether oxygens (including phenoxy) is 2. The van der Waals surface area contributed by atoms with Crippen molar-refractivity contribution >= 4 is 5.91 Å². The van der Waals surface area contributed by atoms with E-state index in [0.717, 1.165) is 12.8 Å². The molecular weight excluding hydrogens is 616 g/mol. The zero-order chi connectivity index (χ0) is 33.0. The molecule has 3 aliphatic rings. The Morgan fingerprint density at radius 2 is 1.62 bits per heavy atom. The topological polar surface area (TPSA) is 96.8 Å². The van der Waals surface area contributed by atoms with Gasteiger partial charge in [-0.1, -0.05) is 60.7 Å². The minimum Gasteiger partial charge on any atom is -0.481 e. The lowest BCUT2D eigenvalue weighted by molar-refractivity contribution is -0.0294. The molecule has 2 atom stereocenters. The number of nitrogens with zero attached hydrogens (tertiary/aromatic N) is 7. The fraction of sp³-hybridized carbons (Fsp3) is 0.417. The van der Waals surface area contributed by atoms with Crippen molar-refractivity contribution in [3.8, 4) is 11.8 Å². The van der Waals surface area contributed by atoms with E-state index in [-0.39, 0.29) is 35.7 Å². The van der Waals surface area contributed by atoms with E-state index in [1.807, 2.05) is 17.0 Å². The molecule has 4 aromatic rings. The zero-order valence-electron chi connectivity index (χ0n) is 26.9. The average Bonchev–Trinajstić information content (AvgIpc) is 3.98. The molecule has 12 heteroatoms. The lowest BCUT2D eigenvalue weighted by atomic mass is 9.81. The normalized spacial score (nSPS) is 20.1. The maximum atomic E-state index is 13.5. The highest BCUT2D eigenvalue weighted by molar-refractivity contribution is 5.92. The van der Waals surface area contributed by atoms with Crippen molar-refractivity contribution in [3.63, 3.8) is 0 Å². The quantitative estimate of drug-likeness (QED) is 0.229. The molecule has 1 amide bonds. The maximum absolute atomic E-state index is 13.5. The number of carbonyl (C=O) groups is 1. The third-order valence-electron chi connectivity index (χ3n) is 9.45. The van der Waals surface area contributed by atoms with Gasteiger partial charge in [-0.15, -0.1) is 0 Å². The molecule has 7 rings (SSSR count). The van der Waals surface area contributed by atoms with Gasteiger partial charge in [-0.05, 0) is 24.0 Å². The summed E-state index contributed by atoms with van der Waals surface area (Å²) in [6, 6.07) is 21.0. The Morgan fingerprint density at radius 3 is 2.25 bits per heavy atom. The average molecular weight is 656 g/mol. The molecule has 0 spiro atoms. The number of hydrogen-bond acceptors (Lipinski definition) is 9. The van der Waals surface area contributed by atoms with Gasteiger partial charge in [0, 0.05) is 75.6 Å². The van der Waals surface area contributed by atoms with E-state index in [0.29, 0.717) is 62.2 Å². The second-order valence-electron chi connectivity index (χ2n) is 12.6. The van der Waals surface area contributed by atoms with Gasteiger partial charge >= 0.3 is 0 Å². The molecule has 2 aromatic heterocycles. The van der Waals surface area contributed by atoms with Crippen LogP contribution in [0.4, 0.5) is 8.78 Å². The van der Waals surface area contributed by atoms with Crippen molar-refractivity contribution in [2.45, 2.75) is 49.7 Å². The lowest BCUT2D eigenvalue weighted by Crippen LogP contribution is -2.67. The predicted molar refractivity (Wildman–Crippen MR) is 174 cm³/mol. The van der Waals surface area contributed by atoms with Crippen LogP contribution >= 0.6 is 0 Å². The molecule has 48 heavy (non-hydrogen) atoms. The minimum atomic E-state index is -2.64. The van der Waals surface area contributed by atoms with Gasteiger partial charge in [0.2, 0.25) is 11.8 Å². The van der Waals surface area contributed by atoms with E-state index in [9.17, 15) is 13.6 Å². The third-order valence-corrected chi connectivity index (χ3v) is 9.45. The van der Waals surface area contributed by atoms with Crippen LogP contribution in [0.15, 0.2) is 79.3 Å². The van der Waals surface area contributed by atoms with Crippen LogP contribution in [0.5, 0.6) is 11.8 Å². The molecule has 2 aliphatic heterocycles. The molecule has 10 nitrogen and oxygen atoms in total. The Labute approximate surface area is 278 Å². The summed E-state index contributed by atoms with van der Waals surface area (Å²) in [5.41, 5.74) is 3.26. The first kappa shape index (κ1) is 32.0. The number of alkyl halides is 2. The van der Waals surface area contributed by atoms with Crippen LogP contribution in [0.1, 0.15) is 57.7 Å². The van der Waals surface area contributed by atoms with Gasteiger partial charge in [0.1, 0.15) is 11.5 Å². The number of hydrogen-bond donors (Lipinski definition) is 0. The summed E-state index contributed by atoms with van der Waals surface area (Å²) in [5, 5.41) is 0. The molecule has 0 bridgehead atoms. The second-order valence-corrected chi connectivity index (χ2v) is 12.6.